The van der Waals surface area contributed by atoms with Crippen molar-refractivity contribution in [1.29, 1.82) is 0 Å². The Labute approximate surface area is 114 Å². The van der Waals surface area contributed by atoms with E-state index in [-0.39, 0.29) is 0 Å². The van der Waals surface area contributed by atoms with Gasteiger partial charge in [0.15, 0.2) is 0 Å². The molecule has 1 aromatic rings. The van der Waals surface area contributed by atoms with Gasteiger partial charge < -0.3 is 4.90 Å². The van der Waals surface area contributed by atoms with Crippen LogP contribution in [0.1, 0.15) is 44.2 Å². The quantitative estimate of drug-likeness (QED) is 0.785. The molecule has 3 rings (SSSR count). The summed E-state index contributed by atoms with van der Waals surface area (Å²) < 4.78 is 0. The van der Waals surface area contributed by atoms with Crippen molar-refractivity contribution in [2.24, 2.45) is 5.92 Å². The predicted molar refractivity (Wildman–Crippen MR) is 73.9 cm³/mol. The molecule has 18 heavy (non-hydrogen) atoms. The molecule has 2 heterocycles. The smallest absolute Gasteiger partial charge is 0.147 e. The molecule has 1 atom stereocenters. The molecule has 0 bridgehead atoms. The van der Waals surface area contributed by atoms with E-state index in [1.54, 1.807) is 6.20 Å². The lowest BCUT2D eigenvalue weighted by Crippen LogP contribution is -2.35. The van der Waals surface area contributed by atoms with Gasteiger partial charge in [0.1, 0.15) is 5.82 Å². The number of nitrogens with zero attached hydrogens (tertiary/aromatic N) is 3. The van der Waals surface area contributed by atoms with Crippen LogP contribution in [-0.2, 0) is 5.88 Å². The average Bonchev–Trinajstić information content (AvgIpc) is 3.09. The van der Waals surface area contributed by atoms with Crippen LogP contribution in [0.15, 0.2) is 12.4 Å². The maximum atomic E-state index is 5.85. The van der Waals surface area contributed by atoms with E-state index in [9.17, 15) is 0 Å². The Kier molecular flexibility index (Phi) is 3.69. The van der Waals surface area contributed by atoms with Crippen LogP contribution >= 0.6 is 11.6 Å². The molecular formula is C14H20ClN3. The lowest BCUT2D eigenvalue weighted by atomic mass is 9.96. The van der Waals surface area contributed by atoms with Crippen LogP contribution in [0.5, 0.6) is 0 Å². The Morgan fingerprint density at radius 2 is 2.00 bits per heavy atom. The molecule has 1 aliphatic carbocycles. The van der Waals surface area contributed by atoms with Crippen LogP contribution in [0.25, 0.3) is 0 Å². The highest BCUT2D eigenvalue weighted by Crippen LogP contribution is 2.37. The highest BCUT2D eigenvalue weighted by atomic mass is 35.5. The molecule has 0 N–H and O–H groups in total. The van der Waals surface area contributed by atoms with Crippen molar-refractivity contribution in [1.82, 2.24) is 9.97 Å². The minimum Gasteiger partial charge on any atom is -0.352 e. The maximum absolute atomic E-state index is 5.85. The molecule has 3 nitrogen and oxygen atoms in total. The van der Waals surface area contributed by atoms with Gasteiger partial charge in [0.2, 0.25) is 0 Å². The minimum atomic E-state index is 0.447. The monoisotopic (exact) mass is 265 g/mol. The van der Waals surface area contributed by atoms with Gasteiger partial charge in [-0.25, -0.2) is 4.98 Å². The van der Waals surface area contributed by atoms with Crippen LogP contribution in [0.4, 0.5) is 5.82 Å². The number of rotatable bonds is 3. The summed E-state index contributed by atoms with van der Waals surface area (Å²) in [6.45, 7) is 1.13. The first kappa shape index (κ1) is 12.2. The molecule has 1 saturated heterocycles. The van der Waals surface area contributed by atoms with Gasteiger partial charge >= 0.3 is 0 Å². The molecule has 0 aromatic carbocycles. The number of alkyl halides is 1. The van der Waals surface area contributed by atoms with Crippen molar-refractivity contribution < 1.29 is 0 Å². The number of hydrogen-bond acceptors (Lipinski definition) is 3. The molecule has 4 heteroatoms. The van der Waals surface area contributed by atoms with Gasteiger partial charge in [0.05, 0.1) is 17.8 Å². The summed E-state index contributed by atoms with van der Waals surface area (Å²) in [5.41, 5.74) is 0.881. The molecule has 1 saturated carbocycles. The van der Waals surface area contributed by atoms with E-state index < -0.39 is 0 Å². The van der Waals surface area contributed by atoms with Crippen LogP contribution < -0.4 is 4.90 Å². The number of anilines is 1. The molecule has 1 aliphatic heterocycles. The third-order valence-corrected chi connectivity index (χ3v) is 4.62. The fourth-order valence-electron chi connectivity index (χ4n) is 3.51. The van der Waals surface area contributed by atoms with Gasteiger partial charge in [-0.15, -0.1) is 11.6 Å². The number of halogens is 1. The Morgan fingerprint density at radius 1 is 1.17 bits per heavy atom. The zero-order valence-electron chi connectivity index (χ0n) is 10.7. The van der Waals surface area contributed by atoms with Crippen LogP contribution in [-0.4, -0.2) is 22.6 Å². The highest BCUT2D eigenvalue weighted by molar-refractivity contribution is 6.16. The van der Waals surface area contributed by atoms with Gasteiger partial charge in [0.25, 0.3) is 0 Å². The molecule has 0 radical (unpaired) electrons. The zero-order chi connectivity index (χ0) is 12.4. The van der Waals surface area contributed by atoms with E-state index in [1.165, 1.54) is 38.5 Å². The highest BCUT2D eigenvalue weighted by Gasteiger charge is 2.34. The topological polar surface area (TPSA) is 29.0 Å². The fourth-order valence-corrected chi connectivity index (χ4v) is 3.64. The van der Waals surface area contributed by atoms with E-state index in [1.807, 2.05) is 6.20 Å². The largest absolute Gasteiger partial charge is 0.352 e. The second-order valence-corrected chi connectivity index (χ2v) is 5.72. The number of hydrogen-bond donors (Lipinski definition) is 0. The van der Waals surface area contributed by atoms with Gasteiger partial charge in [-0.05, 0) is 31.6 Å². The molecule has 1 aromatic heterocycles. The van der Waals surface area contributed by atoms with Gasteiger partial charge in [-0.1, -0.05) is 12.8 Å². The summed E-state index contributed by atoms with van der Waals surface area (Å²) in [4.78, 5) is 11.4. The van der Waals surface area contributed by atoms with E-state index >= 15 is 0 Å². The summed E-state index contributed by atoms with van der Waals surface area (Å²) in [5.74, 6) is 2.35. The molecular weight excluding hydrogens is 246 g/mol. The first-order chi connectivity index (χ1) is 8.88. The Bertz CT molecular complexity index is 404. The summed E-state index contributed by atoms with van der Waals surface area (Å²) >= 11 is 5.85. The van der Waals surface area contributed by atoms with Gasteiger partial charge in [-0.2, -0.15) is 0 Å². The minimum absolute atomic E-state index is 0.447. The Morgan fingerprint density at radius 3 is 2.78 bits per heavy atom. The first-order valence-corrected chi connectivity index (χ1v) is 7.55. The summed E-state index contributed by atoms with van der Waals surface area (Å²) in [6.07, 6.45) is 11.9. The summed E-state index contributed by atoms with van der Waals surface area (Å²) in [5, 5.41) is 0. The van der Waals surface area contributed by atoms with Crippen LogP contribution in [0.3, 0.4) is 0 Å². The van der Waals surface area contributed by atoms with Crippen LogP contribution in [0.2, 0.25) is 0 Å². The first-order valence-electron chi connectivity index (χ1n) is 7.02. The third-order valence-electron chi connectivity index (χ3n) is 4.35. The molecule has 2 fully saturated rings. The van der Waals surface area contributed by atoms with E-state index in [0.29, 0.717) is 11.9 Å². The second kappa shape index (κ2) is 5.43. The van der Waals surface area contributed by atoms with Crippen molar-refractivity contribution in [2.75, 3.05) is 11.4 Å². The van der Waals surface area contributed by atoms with Crippen molar-refractivity contribution >= 4 is 17.4 Å². The normalized spacial score (nSPS) is 24.9. The SMILES string of the molecule is ClCc1cncc(N2CCCC2C2CCCC2)n1. The Hall–Kier alpha value is -0.830. The van der Waals surface area contributed by atoms with Crippen LogP contribution in [0, 0.1) is 5.92 Å². The molecule has 2 aliphatic rings. The molecule has 1 unspecified atom stereocenters. The fraction of sp³-hybridized carbons (Fsp3) is 0.714. The van der Waals surface area contributed by atoms with Crippen molar-refractivity contribution in [3.05, 3.63) is 18.1 Å². The van der Waals surface area contributed by atoms with E-state index in [4.69, 9.17) is 11.6 Å². The number of aromatic nitrogens is 2. The summed E-state index contributed by atoms with van der Waals surface area (Å²) in [6, 6.07) is 0.687. The molecule has 98 valence electrons. The molecule has 0 spiro atoms. The Balaban J connectivity index is 1.80. The summed E-state index contributed by atoms with van der Waals surface area (Å²) in [7, 11) is 0. The van der Waals surface area contributed by atoms with E-state index in [2.05, 4.69) is 14.9 Å². The zero-order valence-corrected chi connectivity index (χ0v) is 11.4. The average molecular weight is 266 g/mol. The van der Waals surface area contributed by atoms with E-state index in [0.717, 1.165) is 24.0 Å². The lowest BCUT2D eigenvalue weighted by Gasteiger charge is -2.30. The van der Waals surface area contributed by atoms with Gasteiger partial charge in [-0.3, -0.25) is 4.98 Å². The van der Waals surface area contributed by atoms with Gasteiger partial charge in [0, 0.05) is 18.8 Å². The lowest BCUT2D eigenvalue weighted by molar-refractivity contribution is 0.429. The third kappa shape index (κ3) is 2.33. The predicted octanol–water partition coefficient (Wildman–Crippen LogP) is 3.37. The maximum Gasteiger partial charge on any atom is 0.147 e. The van der Waals surface area contributed by atoms with Crippen molar-refractivity contribution in [3.63, 3.8) is 0 Å². The standard InChI is InChI=1S/C14H20ClN3/c15-8-12-9-16-10-14(17-12)18-7-3-6-13(18)11-4-1-2-5-11/h9-11,13H,1-8H2. The second-order valence-electron chi connectivity index (χ2n) is 5.45. The molecule has 0 amide bonds. The van der Waals surface area contributed by atoms with Crippen molar-refractivity contribution in [2.45, 2.75) is 50.4 Å². The van der Waals surface area contributed by atoms with Crippen molar-refractivity contribution in [3.8, 4) is 0 Å².